The minimum Gasteiger partial charge on any atom is -0.492 e. The molecular formula is C58H80IN3O21S3. The number of ketones is 1. The van der Waals surface area contributed by atoms with Crippen molar-refractivity contribution in [2.24, 2.45) is 0 Å². The fraction of sp³-hybridized carbons (Fsp3) is 0.672. The van der Waals surface area contributed by atoms with E-state index < -0.39 is 121 Å². The Balaban J connectivity index is 1.04. The number of halogens is 1. The number of carbonyl (C=O) groups is 2. The van der Waals surface area contributed by atoms with Crippen molar-refractivity contribution in [2.75, 3.05) is 54.5 Å². The van der Waals surface area contributed by atoms with Crippen LogP contribution in [-0.2, 0) is 52.3 Å². The molecule has 24 nitrogen and oxygen atoms in total. The van der Waals surface area contributed by atoms with Crippen LogP contribution in [0.2, 0.25) is 0 Å². The van der Waals surface area contributed by atoms with Gasteiger partial charge in [0.25, 0.3) is 0 Å². The van der Waals surface area contributed by atoms with Crippen LogP contribution < -0.4 is 30.3 Å². The Morgan fingerprint density at radius 1 is 0.895 bits per heavy atom. The summed E-state index contributed by atoms with van der Waals surface area (Å²) in [5, 5.41) is 75.9. The molecule has 4 aliphatic heterocycles. The van der Waals surface area contributed by atoms with Gasteiger partial charge in [-0.1, -0.05) is 64.7 Å². The minimum atomic E-state index is -2.04. The summed E-state index contributed by atoms with van der Waals surface area (Å²) in [5.41, 5.74) is 1.64. The van der Waals surface area contributed by atoms with E-state index in [1.165, 1.54) is 33.5 Å². The van der Waals surface area contributed by atoms with E-state index in [1.54, 1.807) is 62.5 Å². The number of nitrogens with one attached hydrogen (secondary N) is 3. The maximum atomic E-state index is 14.2. The summed E-state index contributed by atoms with van der Waals surface area (Å²) in [6.07, 6.45) is -9.91. The Hall–Kier alpha value is -3.13. The molecule has 9 N–H and O–H groups in total. The van der Waals surface area contributed by atoms with E-state index in [-0.39, 0.29) is 87.7 Å². The first kappa shape index (κ1) is 68.8. The van der Waals surface area contributed by atoms with E-state index in [4.69, 9.17) is 61.7 Å². The van der Waals surface area contributed by atoms with Crippen molar-refractivity contribution < 1.29 is 102 Å². The Bertz CT molecular complexity index is 2810. The van der Waals surface area contributed by atoms with Crippen LogP contribution in [0.1, 0.15) is 77.3 Å². The van der Waals surface area contributed by atoms with Crippen LogP contribution >= 0.6 is 55.5 Å². The van der Waals surface area contributed by atoms with Crippen LogP contribution in [0.4, 0.5) is 4.79 Å². The van der Waals surface area contributed by atoms with Gasteiger partial charge in [-0.2, -0.15) is 16.8 Å². The van der Waals surface area contributed by atoms with Crippen LogP contribution in [0.5, 0.6) is 17.2 Å². The number of rotatable bonds is 22. The highest BCUT2D eigenvalue weighted by atomic mass is 127. The lowest BCUT2D eigenvalue weighted by molar-refractivity contribution is -0.336. The molecule has 28 heteroatoms. The van der Waals surface area contributed by atoms with E-state index in [2.05, 4.69) is 39.8 Å². The van der Waals surface area contributed by atoms with E-state index in [9.17, 15) is 40.2 Å². The summed E-state index contributed by atoms with van der Waals surface area (Å²) in [7, 11) is 10.2. The molecule has 1 saturated carbocycles. The van der Waals surface area contributed by atoms with Gasteiger partial charge in [-0.05, 0) is 87.4 Å². The number of Topliss-reactive ketones (excluding diaryl/α,β-unsaturated/α-hetero) is 1. The number of hydrogen-bond donors (Lipinski definition) is 10. The van der Waals surface area contributed by atoms with Gasteiger partial charge in [0.15, 0.2) is 41.8 Å². The molecular weight excluding hydrogens is 1300 g/mol. The molecule has 1 aromatic carbocycles. The molecule has 3 aliphatic carbocycles. The average molecular weight is 1380 g/mol. The topological polar surface area (TPSA) is 312 Å². The highest BCUT2D eigenvalue weighted by Gasteiger charge is 2.52. The van der Waals surface area contributed by atoms with Crippen molar-refractivity contribution in [3.05, 3.63) is 49.8 Å². The third-order valence-electron chi connectivity index (χ3n) is 16.0. The van der Waals surface area contributed by atoms with Crippen LogP contribution in [0, 0.1) is 34.2 Å². The predicted molar refractivity (Wildman–Crippen MR) is 328 cm³/mol. The molecule has 0 spiro atoms. The minimum absolute atomic E-state index is 0.0122. The van der Waals surface area contributed by atoms with Gasteiger partial charge in [0.1, 0.15) is 41.7 Å². The highest BCUT2D eigenvalue weighted by Crippen LogP contribution is 2.48. The third-order valence-corrected chi connectivity index (χ3v) is 21.6. The first-order valence-electron chi connectivity index (χ1n) is 28.4. The van der Waals surface area contributed by atoms with Crippen molar-refractivity contribution >= 4 is 72.5 Å². The molecule has 0 radical (unpaired) electrons. The summed E-state index contributed by atoms with van der Waals surface area (Å²) in [4.78, 5) is 33.3. The van der Waals surface area contributed by atoms with E-state index >= 15 is 0 Å². The van der Waals surface area contributed by atoms with Crippen LogP contribution in [0.25, 0.3) is 0 Å². The molecule has 4 saturated heterocycles. The molecule has 0 aromatic heterocycles. The number of aliphatic hydroxyl groups is 6. The first-order chi connectivity index (χ1) is 41.2. The number of hydrogen-bond acceptors (Lipinski definition) is 24. The Kier molecular flexibility index (Phi) is 25.0. The second-order valence-corrected chi connectivity index (χ2v) is 26.6. The molecule has 2 bridgehead atoms. The number of thiol groups is 1. The van der Waals surface area contributed by atoms with Crippen molar-refractivity contribution in [1.82, 2.24) is 16.1 Å². The van der Waals surface area contributed by atoms with E-state index in [0.717, 1.165) is 26.4 Å². The zero-order valence-corrected chi connectivity index (χ0v) is 54.2. The Labute approximate surface area is 526 Å². The third kappa shape index (κ3) is 15.6. The van der Waals surface area contributed by atoms with Gasteiger partial charge in [0.2, 0.25) is 12.0 Å². The number of ether oxygens (including phenoxy) is 12. The molecule has 478 valence electrons. The van der Waals surface area contributed by atoms with Crippen LogP contribution in [0.3, 0.4) is 0 Å². The summed E-state index contributed by atoms with van der Waals surface area (Å²) in [6, 6.07) is -1.24. The summed E-state index contributed by atoms with van der Waals surface area (Å²) in [6.45, 7) is 9.56. The SMILES string of the molecule is CCN[C@H]1CO[C@@H](O[C@H]2[C@H](O[C@H]3C#CC=CC#C[C@]4(O)CC(=O)C(NC(=O)OC)=C3/C4=C\CSSC3CCC3)O[C@H](C)[C@@H](NO[C@H]3C[C@H](O)[C@H]([SH]=C(O)c4c(C)c(I)c(O[C@@H]5O[C@@H](C)[C@H](O)[C@@H](OC)[C@H]5O)c(OC)c4OC)[C@@H](C)O3)[C@@H]2O)C[C@@H]1OC. The molecule has 4 heterocycles. The number of methoxy groups -OCH3 is 5. The number of likely N-dealkylation sites (N-methyl/N-ethyl adjacent to an activating group) is 1. The number of amides is 1. The van der Waals surface area contributed by atoms with Crippen LogP contribution in [0.15, 0.2) is 35.1 Å². The number of hydroxylamine groups is 1. The summed E-state index contributed by atoms with van der Waals surface area (Å²) in [5.74, 6) is 11.7. The van der Waals surface area contributed by atoms with E-state index in [0.29, 0.717) is 26.7 Å². The van der Waals surface area contributed by atoms with Crippen LogP contribution in [-0.4, -0.2) is 223 Å². The zero-order valence-electron chi connectivity index (χ0n) is 49.5. The van der Waals surface area contributed by atoms with Crippen molar-refractivity contribution in [2.45, 2.75) is 194 Å². The number of alkyl carbamates (subject to hydrolysis) is 1. The lowest BCUT2D eigenvalue weighted by atomic mass is 9.75. The normalized spacial score (nSPS) is 36.4. The molecule has 0 unspecified atom stereocenters. The molecule has 1 aromatic rings. The number of benzene rings is 1. The first-order valence-corrected chi connectivity index (χ1v) is 32.8. The predicted octanol–water partition coefficient (Wildman–Crippen LogP) is 3.10. The Morgan fingerprint density at radius 2 is 1.63 bits per heavy atom. The van der Waals surface area contributed by atoms with Crippen molar-refractivity contribution in [1.29, 1.82) is 0 Å². The Morgan fingerprint density at radius 3 is 2.29 bits per heavy atom. The number of fused-ring (bicyclic) bond motifs is 2. The lowest BCUT2D eigenvalue weighted by Gasteiger charge is -2.46. The van der Waals surface area contributed by atoms with Gasteiger partial charge in [-0.3, -0.25) is 14.9 Å². The van der Waals surface area contributed by atoms with Gasteiger partial charge in [-0.15, -0.1) is 0 Å². The number of allylic oxidation sites excluding steroid dienone is 3. The molecule has 5 fully saturated rings. The number of carbonyl (C=O) groups excluding carboxylic acids is 2. The maximum absolute atomic E-state index is 14.2. The standard InChI is InChI=1S/C58H80IN3O21S3/c1-11-60-33-26-76-38(24-37(33)71-6)81-51-46(66)43(28(3)78-56(51)80-36-19-14-12-13-15-21-58(70)25-35(64)44(61-57(69)75-10)41(36)32(58)20-22-84-86-31-17-16-18-31)62-83-39-23-34(63)53(30(5)77-39)85-54(68)40-27(2)42(59)49(52(74-9)48(40)72-7)82-55-47(67)50(73-8)45(65)29(4)79-55/h12-13,20,28-31,33-34,36-39,43,45-47,50-51,53,55-56,60,62-63,65-68,70,85H,11,16-18,22-26H2,1-10H3,(H,61,69)/b13-12?,32-20+/t28-,29+,30-,33+,34+,36+,37+,38+,39+,43-,45+,46+,47-,50-,51-,53-,55+,56+,58+/m1/s1. The van der Waals surface area contributed by atoms with Crippen molar-refractivity contribution in [3.63, 3.8) is 0 Å². The fourth-order valence-electron chi connectivity index (χ4n) is 11.1. The fourth-order valence-corrected chi connectivity index (χ4v) is 15.6. The van der Waals surface area contributed by atoms with Gasteiger partial charge in [0.05, 0.1) is 97.0 Å². The second kappa shape index (κ2) is 31.3. The molecule has 86 heavy (non-hydrogen) atoms. The molecule has 8 rings (SSSR count). The smallest absolute Gasteiger partial charge is 0.411 e. The quantitative estimate of drug-likeness (QED) is 0.0152. The monoisotopic (exact) mass is 1380 g/mol. The highest BCUT2D eigenvalue weighted by molar-refractivity contribution is 14.1. The molecule has 7 aliphatic rings. The number of aliphatic hydroxyl groups excluding tert-OH is 5. The lowest BCUT2D eigenvalue weighted by Crippen LogP contribution is -2.65. The van der Waals surface area contributed by atoms with Crippen molar-refractivity contribution in [3.8, 4) is 40.9 Å². The largest absolute Gasteiger partial charge is 0.492 e. The van der Waals surface area contributed by atoms with Gasteiger partial charge >= 0.3 is 6.09 Å². The summed E-state index contributed by atoms with van der Waals surface area (Å²) < 4.78 is 73.0. The van der Waals surface area contributed by atoms with E-state index in [1.807, 2.05) is 29.5 Å². The van der Waals surface area contributed by atoms with Gasteiger partial charge < -0.3 is 92.8 Å². The zero-order chi connectivity index (χ0) is 62.1. The molecule has 1 amide bonds. The maximum Gasteiger partial charge on any atom is 0.411 e. The second-order valence-electron chi connectivity index (χ2n) is 21.6. The van der Waals surface area contributed by atoms with Gasteiger partial charge in [0, 0.05) is 49.2 Å². The summed E-state index contributed by atoms with van der Waals surface area (Å²) >= 11 is 2.29. The average Bonchev–Trinajstić information content (AvgIpc) is 0.872. The molecule has 19 atom stereocenters. The van der Waals surface area contributed by atoms with Gasteiger partial charge in [-0.25, -0.2) is 4.79 Å².